The summed E-state index contributed by atoms with van der Waals surface area (Å²) in [5.74, 6) is 0. The minimum absolute atomic E-state index is 0.595. The van der Waals surface area contributed by atoms with E-state index in [-0.39, 0.29) is 0 Å². The largest absolute Gasteiger partial charge is 0.382 e. The van der Waals surface area contributed by atoms with Gasteiger partial charge in [-0.1, -0.05) is 12.1 Å². The fraction of sp³-hybridized carbons (Fsp3) is 0.438. The molecule has 0 fully saturated rings. The molecule has 0 saturated heterocycles. The summed E-state index contributed by atoms with van der Waals surface area (Å²) >= 11 is 0. The molecule has 1 aromatic carbocycles. The third-order valence-electron chi connectivity index (χ3n) is 3.90. The van der Waals surface area contributed by atoms with Crippen molar-refractivity contribution in [3.05, 3.63) is 46.8 Å². The van der Waals surface area contributed by atoms with Crippen LogP contribution in [0.4, 0.5) is 5.69 Å². The average Bonchev–Trinajstić information content (AvgIpc) is 2.68. The number of rotatable bonds is 2. The lowest BCUT2D eigenvalue weighted by atomic mass is 9.96. The van der Waals surface area contributed by atoms with E-state index in [1.54, 1.807) is 0 Å². The van der Waals surface area contributed by atoms with Crippen LogP contribution < -0.4 is 5.32 Å². The Morgan fingerprint density at radius 1 is 1.37 bits per heavy atom. The lowest BCUT2D eigenvalue weighted by Gasteiger charge is -2.24. The molecule has 100 valence electrons. The van der Waals surface area contributed by atoms with Crippen LogP contribution in [0.15, 0.2) is 24.3 Å². The minimum atomic E-state index is 0.595. The van der Waals surface area contributed by atoms with Gasteiger partial charge in [-0.05, 0) is 49.9 Å². The van der Waals surface area contributed by atoms with Gasteiger partial charge in [0.1, 0.15) is 0 Å². The molecule has 1 aromatic heterocycles. The van der Waals surface area contributed by atoms with Crippen molar-refractivity contribution >= 4 is 5.69 Å². The molecular weight excluding hydrogens is 234 g/mol. The van der Waals surface area contributed by atoms with Gasteiger partial charge in [0.15, 0.2) is 0 Å². The summed E-state index contributed by atoms with van der Waals surface area (Å²) in [4.78, 5) is 0. The van der Waals surface area contributed by atoms with Crippen LogP contribution in [0.2, 0.25) is 0 Å². The number of nitrogens with one attached hydrogen (secondary N) is 1. The fourth-order valence-corrected chi connectivity index (χ4v) is 2.85. The zero-order chi connectivity index (χ0) is 13.4. The minimum Gasteiger partial charge on any atom is -0.382 e. The van der Waals surface area contributed by atoms with E-state index in [0.717, 1.165) is 12.1 Å². The van der Waals surface area contributed by atoms with Crippen LogP contribution in [0, 0.1) is 6.92 Å². The van der Waals surface area contributed by atoms with E-state index < -0.39 is 0 Å². The van der Waals surface area contributed by atoms with Crippen LogP contribution in [-0.4, -0.2) is 15.8 Å². The Bertz CT molecular complexity index is 598. The van der Waals surface area contributed by atoms with Crippen molar-refractivity contribution in [1.29, 1.82) is 0 Å². The number of benzene rings is 1. The summed E-state index contributed by atoms with van der Waals surface area (Å²) < 4.78 is 1.98. The van der Waals surface area contributed by atoms with Crippen molar-refractivity contribution < 1.29 is 0 Å². The summed E-state index contributed by atoms with van der Waals surface area (Å²) in [6.45, 7) is 4.29. The second-order valence-corrected chi connectivity index (χ2v) is 5.65. The second kappa shape index (κ2) is 4.72. The van der Waals surface area contributed by atoms with Crippen molar-refractivity contribution in [1.82, 2.24) is 9.78 Å². The van der Waals surface area contributed by atoms with Crippen molar-refractivity contribution in [2.24, 2.45) is 7.05 Å². The average molecular weight is 255 g/mol. The van der Waals surface area contributed by atoms with Crippen molar-refractivity contribution in [2.75, 3.05) is 5.32 Å². The number of anilines is 1. The van der Waals surface area contributed by atoms with Crippen molar-refractivity contribution in [3.8, 4) is 0 Å². The highest BCUT2D eigenvalue weighted by molar-refractivity contribution is 5.55. The van der Waals surface area contributed by atoms with Crippen LogP contribution in [-0.2, 0) is 19.9 Å². The highest BCUT2D eigenvalue weighted by Gasteiger charge is 2.14. The van der Waals surface area contributed by atoms with Crippen molar-refractivity contribution in [2.45, 2.75) is 39.2 Å². The fourth-order valence-electron chi connectivity index (χ4n) is 2.85. The van der Waals surface area contributed by atoms with Crippen LogP contribution in [0.1, 0.15) is 35.9 Å². The van der Waals surface area contributed by atoms with E-state index in [9.17, 15) is 0 Å². The normalized spacial score (nSPS) is 17.9. The maximum Gasteiger partial charge on any atom is 0.0596 e. The predicted molar refractivity (Wildman–Crippen MR) is 78.6 cm³/mol. The standard InChI is InChI=1S/C16H21N3/c1-11-4-6-14-9-13(5-7-16(14)17-11)10-15-8-12(2)18-19(15)3/h5,7-9,11,17H,4,6,10H2,1-3H3. The number of aromatic nitrogens is 2. The third kappa shape index (κ3) is 2.50. The Labute approximate surface area is 114 Å². The summed E-state index contributed by atoms with van der Waals surface area (Å²) in [7, 11) is 2.02. The van der Waals surface area contributed by atoms with E-state index in [1.807, 2.05) is 18.7 Å². The first kappa shape index (κ1) is 12.3. The third-order valence-corrected chi connectivity index (χ3v) is 3.90. The van der Waals surface area contributed by atoms with E-state index in [1.165, 1.54) is 35.3 Å². The van der Waals surface area contributed by atoms with E-state index in [4.69, 9.17) is 0 Å². The molecule has 0 spiro atoms. The van der Waals surface area contributed by atoms with Crippen molar-refractivity contribution in [3.63, 3.8) is 0 Å². The maximum atomic E-state index is 4.41. The molecule has 3 heteroatoms. The Hall–Kier alpha value is -1.77. The van der Waals surface area contributed by atoms with Gasteiger partial charge in [-0.3, -0.25) is 4.68 Å². The molecule has 0 amide bonds. The van der Waals surface area contributed by atoms with Crippen LogP contribution in [0.5, 0.6) is 0 Å². The molecule has 0 radical (unpaired) electrons. The van der Waals surface area contributed by atoms with Gasteiger partial charge in [0.2, 0.25) is 0 Å². The van der Waals surface area contributed by atoms with Gasteiger partial charge in [-0.2, -0.15) is 5.10 Å². The monoisotopic (exact) mass is 255 g/mol. The van der Waals surface area contributed by atoms with E-state index in [0.29, 0.717) is 6.04 Å². The van der Waals surface area contributed by atoms with Gasteiger partial charge in [-0.25, -0.2) is 0 Å². The van der Waals surface area contributed by atoms with Crippen LogP contribution in [0.3, 0.4) is 0 Å². The Kier molecular flexibility index (Phi) is 3.05. The van der Waals surface area contributed by atoms with Gasteiger partial charge in [0.05, 0.1) is 5.69 Å². The zero-order valence-corrected chi connectivity index (χ0v) is 11.9. The SMILES string of the molecule is Cc1cc(Cc2ccc3c(c2)CCC(C)N3)n(C)n1. The number of hydrogen-bond acceptors (Lipinski definition) is 2. The van der Waals surface area contributed by atoms with Gasteiger partial charge in [0.25, 0.3) is 0 Å². The summed E-state index contributed by atoms with van der Waals surface area (Å²) in [6.07, 6.45) is 3.36. The highest BCUT2D eigenvalue weighted by atomic mass is 15.3. The first-order chi connectivity index (χ1) is 9.11. The van der Waals surface area contributed by atoms with E-state index >= 15 is 0 Å². The lowest BCUT2D eigenvalue weighted by Crippen LogP contribution is -2.21. The van der Waals surface area contributed by atoms with Gasteiger partial charge >= 0.3 is 0 Å². The topological polar surface area (TPSA) is 29.9 Å². The molecule has 1 N–H and O–H groups in total. The molecule has 0 aliphatic carbocycles. The Balaban J connectivity index is 1.85. The molecule has 19 heavy (non-hydrogen) atoms. The van der Waals surface area contributed by atoms with Gasteiger partial charge in [0, 0.05) is 30.9 Å². The molecule has 1 aliphatic rings. The first-order valence-electron chi connectivity index (χ1n) is 6.99. The summed E-state index contributed by atoms with van der Waals surface area (Å²) in [5.41, 5.74) is 6.50. The number of nitrogens with zero attached hydrogens (tertiary/aromatic N) is 2. The molecule has 3 rings (SSSR count). The first-order valence-corrected chi connectivity index (χ1v) is 6.99. The second-order valence-electron chi connectivity index (χ2n) is 5.65. The maximum absolute atomic E-state index is 4.41. The molecular formula is C16H21N3. The molecule has 2 aromatic rings. The summed E-state index contributed by atoms with van der Waals surface area (Å²) in [5, 5.41) is 7.96. The van der Waals surface area contributed by atoms with Crippen LogP contribution >= 0.6 is 0 Å². The van der Waals surface area contributed by atoms with Gasteiger partial charge in [-0.15, -0.1) is 0 Å². The molecule has 1 unspecified atom stereocenters. The van der Waals surface area contributed by atoms with Gasteiger partial charge < -0.3 is 5.32 Å². The van der Waals surface area contributed by atoms with E-state index in [2.05, 4.69) is 41.6 Å². The lowest BCUT2D eigenvalue weighted by molar-refractivity contribution is 0.679. The summed E-state index contributed by atoms with van der Waals surface area (Å²) in [6, 6.07) is 9.56. The highest BCUT2D eigenvalue weighted by Crippen LogP contribution is 2.26. The smallest absolute Gasteiger partial charge is 0.0596 e. The zero-order valence-electron chi connectivity index (χ0n) is 11.9. The number of fused-ring (bicyclic) bond motifs is 1. The molecule has 2 heterocycles. The number of hydrogen-bond donors (Lipinski definition) is 1. The molecule has 1 aliphatic heterocycles. The Morgan fingerprint density at radius 3 is 2.95 bits per heavy atom. The molecule has 3 nitrogen and oxygen atoms in total. The Morgan fingerprint density at radius 2 is 2.21 bits per heavy atom. The molecule has 0 saturated carbocycles. The predicted octanol–water partition coefficient (Wildman–Crippen LogP) is 3.07. The van der Waals surface area contributed by atoms with Crippen LogP contribution in [0.25, 0.3) is 0 Å². The molecule has 0 bridgehead atoms. The molecule has 1 atom stereocenters. The number of aryl methyl sites for hydroxylation is 3. The quantitative estimate of drug-likeness (QED) is 0.893.